The first-order valence-electron chi connectivity index (χ1n) is 4.29. The highest BCUT2D eigenvalue weighted by Gasteiger charge is 2.13. The zero-order valence-electron chi connectivity index (χ0n) is 8.64. The van der Waals surface area contributed by atoms with Crippen LogP contribution < -0.4 is 15.2 Å². The van der Waals surface area contributed by atoms with E-state index in [1.807, 2.05) is 0 Å². The molecule has 1 rings (SSSR count). The Bertz CT molecular complexity index is 388. The molecule has 0 fully saturated rings. The zero-order chi connectivity index (χ0) is 12.1. The normalized spacial score (nSPS) is 9.69. The summed E-state index contributed by atoms with van der Waals surface area (Å²) in [6.07, 6.45) is -1.22. The lowest BCUT2D eigenvalue weighted by Crippen LogP contribution is -2.42. The number of halogens is 1. The number of nitrogens with zero attached hydrogens (tertiary/aromatic N) is 4. The molecule has 16 heavy (non-hydrogen) atoms. The minimum atomic E-state index is -1.22. The van der Waals surface area contributed by atoms with Crippen LogP contribution in [0.2, 0.25) is 5.28 Å². The van der Waals surface area contributed by atoms with Gasteiger partial charge in [-0.2, -0.15) is 15.0 Å². The Morgan fingerprint density at radius 1 is 1.56 bits per heavy atom. The van der Waals surface area contributed by atoms with Gasteiger partial charge in [0, 0.05) is 6.54 Å². The summed E-state index contributed by atoms with van der Waals surface area (Å²) >= 11 is 5.62. The summed E-state index contributed by atoms with van der Waals surface area (Å²) in [7, 11) is 1.37. The van der Waals surface area contributed by atoms with E-state index < -0.39 is 6.09 Å². The molecule has 1 aromatic rings. The number of amides is 1. The van der Waals surface area contributed by atoms with E-state index in [9.17, 15) is 4.79 Å². The maximum Gasteiger partial charge on any atom is 0.423 e. The lowest BCUT2D eigenvalue weighted by molar-refractivity contribution is 0.193. The quantitative estimate of drug-likeness (QED) is 0.749. The largest absolute Gasteiger partial charge is 0.467 e. The number of anilines is 1. The van der Waals surface area contributed by atoms with Gasteiger partial charge in [0.05, 0.1) is 7.11 Å². The molecule has 0 radical (unpaired) electrons. The molecule has 0 spiro atoms. The lowest BCUT2D eigenvalue weighted by atomic mass is 10.7. The Kier molecular flexibility index (Phi) is 4.06. The molecule has 0 saturated carbocycles. The second-order valence-electron chi connectivity index (χ2n) is 2.55. The fourth-order valence-electron chi connectivity index (χ4n) is 0.920. The van der Waals surface area contributed by atoms with Gasteiger partial charge in [0.25, 0.3) is 5.95 Å². The van der Waals surface area contributed by atoms with Crippen molar-refractivity contribution >= 4 is 23.6 Å². The Morgan fingerprint density at radius 2 is 2.25 bits per heavy atom. The number of hydrogen-bond acceptors (Lipinski definition) is 6. The third-order valence-electron chi connectivity index (χ3n) is 1.55. The van der Waals surface area contributed by atoms with Gasteiger partial charge in [-0.05, 0) is 18.5 Å². The van der Waals surface area contributed by atoms with E-state index in [4.69, 9.17) is 21.4 Å². The average Bonchev–Trinajstić information content (AvgIpc) is 2.24. The summed E-state index contributed by atoms with van der Waals surface area (Å²) < 4.78 is 4.79. The van der Waals surface area contributed by atoms with Crippen molar-refractivity contribution in [1.82, 2.24) is 20.4 Å². The van der Waals surface area contributed by atoms with Gasteiger partial charge < -0.3 is 9.84 Å². The maximum absolute atomic E-state index is 10.5. The predicted octanol–water partition coefficient (Wildman–Crippen LogP) is 0.543. The second kappa shape index (κ2) is 5.31. The highest BCUT2D eigenvalue weighted by atomic mass is 35.5. The number of nitrogens with one attached hydrogen (secondary N) is 1. The first kappa shape index (κ1) is 12.2. The monoisotopic (exact) mass is 247 g/mol. The molecule has 2 N–H and O–H groups in total. The van der Waals surface area contributed by atoms with Crippen LogP contribution in [-0.4, -0.2) is 39.8 Å². The molecular weight excluding hydrogens is 238 g/mol. The molecule has 1 aromatic heterocycles. The topological polar surface area (TPSA) is 100 Å². The molecule has 0 aliphatic rings. The molecule has 9 heteroatoms. The van der Waals surface area contributed by atoms with Crippen molar-refractivity contribution in [2.45, 2.75) is 6.92 Å². The maximum atomic E-state index is 10.5. The van der Waals surface area contributed by atoms with Crippen molar-refractivity contribution in [3.63, 3.8) is 0 Å². The molecule has 0 atom stereocenters. The van der Waals surface area contributed by atoms with Gasteiger partial charge in [0.1, 0.15) is 0 Å². The molecule has 0 aliphatic heterocycles. The molecule has 8 nitrogen and oxygen atoms in total. The summed E-state index contributed by atoms with van der Waals surface area (Å²) in [5, 5.41) is 9.70. The van der Waals surface area contributed by atoms with Crippen LogP contribution in [0.3, 0.4) is 0 Å². The van der Waals surface area contributed by atoms with Crippen LogP contribution in [0, 0.1) is 0 Å². The van der Waals surface area contributed by atoms with Crippen LogP contribution in [0.1, 0.15) is 6.92 Å². The van der Waals surface area contributed by atoms with Crippen LogP contribution >= 0.6 is 11.6 Å². The number of hydrogen-bond donors (Lipinski definition) is 2. The van der Waals surface area contributed by atoms with E-state index in [2.05, 4.69) is 20.4 Å². The number of rotatable bonds is 4. The van der Waals surface area contributed by atoms with Crippen molar-refractivity contribution in [1.29, 1.82) is 0 Å². The highest BCUT2D eigenvalue weighted by molar-refractivity contribution is 6.28. The molecule has 88 valence electrons. The summed E-state index contributed by atoms with van der Waals surface area (Å²) in [6, 6.07) is 0.0145. The second-order valence-corrected chi connectivity index (χ2v) is 2.89. The number of aromatic nitrogens is 3. The molecule has 0 saturated heterocycles. The standard InChI is InChI=1S/C7H10ClN5O3/c1-3-13(12-7(14)15)5-9-4(8)10-6(11-5)16-2/h12H,3H2,1-2H3,(H,14,15). The molecular formula is C7H10ClN5O3. The molecule has 0 aromatic carbocycles. The Balaban J connectivity index is 2.99. The van der Waals surface area contributed by atoms with E-state index in [0.29, 0.717) is 6.54 Å². The van der Waals surface area contributed by atoms with Crippen LogP contribution in [0.15, 0.2) is 0 Å². The van der Waals surface area contributed by atoms with Gasteiger partial charge in [0.15, 0.2) is 0 Å². The van der Waals surface area contributed by atoms with Crippen molar-refractivity contribution in [2.75, 3.05) is 18.7 Å². The van der Waals surface area contributed by atoms with Crippen LogP contribution in [0.25, 0.3) is 0 Å². The summed E-state index contributed by atoms with van der Waals surface area (Å²) in [5.74, 6) is 0.0711. The predicted molar refractivity (Wildman–Crippen MR) is 55.6 cm³/mol. The van der Waals surface area contributed by atoms with Gasteiger partial charge in [0.2, 0.25) is 5.28 Å². The van der Waals surface area contributed by atoms with E-state index in [0.717, 1.165) is 0 Å². The minimum Gasteiger partial charge on any atom is -0.467 e. The number of methoxy groups -OCH3 is 1. The van der Waals surface area contributed by atoms with Crippen LogP contribution in [-0.2, 0) is 0 Å². The SMILES string of the molecule is CCN(NC(=O)O)c1nc(Cl)nc(OC)n1. The van der Waals surface area contributed by atoms with Gasteiger partial charge >= 0.3 is 12.1 Å². The number of hydrazine groups is 1. The van der Waals surface area contributed by atoms with Gasteiger partial charge in [-0.25, -0.2) is 15.2 Å². The van der Waals surface area contributed by atoms with E-state index in [1.54, 1.807) is 6.92 Å². The third-order valence-corrected chi connectivity index (χ3v) is 1.72. The van der Waals surface area contributed by atoms with Gasteiger partial charge in [-0.3, -0.25) is 0 Å². The Morgan fingerprint density at radius 3 is 2.75 bits per heavy atom. The Labute approximate surface area is 96.2 Å². The van der Waals surface area contributed by atoms with Crippen LogP contribution in [0.4, 0.5) is 10.7 Å². The Hall–Kier alpha value is -1.83. The van der Waals surface area contributed by atoms with Crippen molar-refractivity contribution in [3.05, 3.63) is 5.28 Å². The average molecular weight is 248 g/mol. The first-order chi connectivity index (χ1) is 7.56. The number of ether oxygens (including phenoxy) is 1. The molecule has 1 heterocycles. The van der Waals surface area contributed by atoms with E-state index >= 15 is 0 Å². The summed E-state index contributed by atoms with van der Waals surface area (Å²) in [4.78, 5) is 21.8. The summed E-state index contributed by atoms with van der Waals surface area (Å²) in [6.45, 7) is 2.05. The molecule has 0 bridgehead atoms. The minimum absolute atomic E-state index is 0.0145. The number of carboxylic acid groups (broad SMARTS) is 1. The van der Waals surface area contributed by atoms with Crippen molar-refractivity contribution < 1.29 is 14.6 Å². The third kappa shape index (κ3) is 3.09. The smallest absolute Gasteiger partial charge is 0.423 e. The van der Waals surface area contributed by atoms with Crippen molar-refractivity contribution in [3.8, 4) is 6.01 Å². The van der Waals surface area contributed by atoms with Gasteiger partial charge in [-0.15, -0.1) is 0 Å². The lowest BCUT2D eigenvalue weighted by Gasteiger charge is -2.19. The molecule has 1 amide bonds. The van der Waals surface area contributed by atoms with E-state index in [1.165, 1.54) is 12.1 Å². The van der Waals surface area contributed by atoms with Crippen LogP contribution in [0.5, 0.6) is 6.01 Å². The van der Waals surface area contributed by atoms with Crippen molar-refractivity contribution in [2.24, 2.45) is 0 Å². The fraction of sp³-hybridized carbons (Fsp3) is 0.429. The molecule has 0 unspecified atom stereocenters. The summed E-state index contributed by atoms with van der Waals surface area (Å²) in [5.41, 5.74) is 2.11. The highest BCUT2D eigenvalue weighted by Crippen LogP contribution is 2.13. The first-order valence-corrected chi connectivity index (χ1v) is 4.67. The van der Waals surface area contributed by atoms with Gasteiger partial charge in [-0.1, -0.05) is 0 Å². The zero-order valence-corrected chi connectivity index (χ0v) is 9.39. The number of carbonyl (C=O) groups is 1. The van der Waals surface area contributed by atoms with E-state index in [-0.39, 0.29) is 17.2 Å². The fourth-order valence-corrected chi connectivity index (χ4v) is 1.07. The molecule has 0 aliphatic carbocycles.